The highest BCUT2D eigenvalue weighted by Crippen LogP contribution is 2.07. The van der Waals surface area contributed by atoms with Crippen molar-refractivity contribution in [2.75, 3.05) is 211 Å². The van der Waals surface area contributed by atoms with Crippen molar-refractivity contribution in [2.45, 2.75) is 0 Å². The van der Waals surface area contributed by atoms with Crippen LogP contribution in [0.2, 0.25) is 0 Å². The van der Waals surface area contributed by atoms with Crippen LogP contribution in [0.25, 0.3) is 0 Å². The summed E-state index contributed by atoms with van der Waals surface area (Å²) in [4.78, 5) is 178. The summed E-state index contributed by atoms with van der Waals surface area (Å²) in [5.41, 5.74) is 0. The largest absolute Gasteiger partial charge is 0.442 e. The average Bonchev–Trinajstić information content (AvgIpc) is 2.89. The maximum atomic E-state index is 14.3. The van der Waals surface area contributed by atoms with E-state index < -0.39 is 178 Å². The second kappa shape index (κ2) is 50.9. The summed E-state index contributed by atoms with van der Waals surface area (Å²) in [5.74, 6) is -2.96. The van der Waals surface area contributed by atoms with Crippen molar-refractivity contribution in [3.63, 3.8) is 0 Å². The van der Waals surface area contributed by atoms with E-state index in [4.69, 9.17) is 0 Å². The fourth-order valence-electron chi connectivity index (χ4n) is 7.80. The van der Waals surface area contributed by atoms with Crippen molar-refractivity contribution in [1.29, 1.82) is 0 Å². The summed E-state index contributed by atoms with van der Waals surface area (Å²) in [7, 11) is 0. The average molecular weight is 1360 g/mol. The molecule has 12 amide bonds. The van der Waals surface area contributed by atoms with E-state index in [1.165, 1.54) is 19.6 Å². The smallest absolute Gasteiger partial charge is 0.418 e. The first-order chi connectivity index (χ1) is 44.2. The Bertz CT molecular complexity index is 1840. The SMILES string of the molecule is O=C(NCCN(CCNC(=O)OCF)C(=O)CN1CCN(CC(=O)N(CCNC(=O)OCF)CCNC(=O)OCF)CCN(CC(=O)N(CCNC(=O)OOF)CCNC(=O)OOF)CCN(CC(=O)N(CCNC(=O)OOF)CCNC(=O)OOF)CC1)OCF. The van der Waals surface area contributed by atoms with Crippen LogP contribution in [0.3, 0.4) is 0 Å². The highest BCUT2D eigenvalue weighted by atomic mass is 19.3. The van der Waals surface area contributed by atoms with Crippen LogP contribution in [0, 0.1) is 0 Å². The van der Waals surface area contributed by atoms with E-state index in [0.29, 0.717) is 0 Å². The van der Waals surface area contributed by atoms with Crippen molar-refractivity contribution >= 4 is 72.4 Å². The van der Waals surface area contributed by atoms with Gasteiger partial charge in [0.25, 0.3) is 0 Å². The monoisotopic (exact) mass is 1360 g/mol. The predicted octanol–water partition coefficient (Wildman–Crippen LogP) is -2.70. The minimum absolute atomic E-state index is 0.163. The van der Waals surface area contributed by atoms with Crippen LogP contribution < -0.4 is 42.5 Å². The van der Waals surface area contributed by atoms with Gasteiger partial charge in [0.1, 0.15) is 0 Å². The molecule has 1 fully saturated rings. The lowest BCUT2D eigenvalue weighted by molar-refractivity contribution is -0.388. The Morgan fingerprint density at radius 1 is 0.272 bits per heavy atom. The van der Waals surface area contributed by atoms with Crippen LogP contribution >= 0.6 is 0 Å². The lowest BCUT2D eigenvalue weighted by Crippen LogP contribution is -2.54. The van der Waals surface area contributed by atoms with E-state index in [1.807, 2.05) is 0 Å². The van der Waals surface area contributed by atoms with Gasteiger partial charge in [-0.3, -0.25) is 38.8 Å². The van der Waals surface area contributed by atoms with Gasteiger partial charge >= 0.3 is 48.7 Å². The Morgan fingerprint density at radius 3 is 0.565 bits per heavy atom. The summed E-state index contributed by atoms with van der Waals surface area (Å²) in [6.07, 6.45) is -10.6. The molecule has 0 spiro atoms. The van der Waals surface area contributed by atoms with Crippen LogP contribution in [0.4, 0.5) is 74.0 Å². The minimum Gasteiger partial charge on any atom is -0.418 e. The number of nitrogens with zero attached hydrogens (tertiary/aromatic N) is 8. The number of hydrogen-bond acceptors (Lipinski definition) is 28. The van der Waals surface area contributed by atoms with Crippen molar-refractivity contribution in [1.82, 2.24) is 81.7 Å². The third-order valence-corrected chi connectivity index (χ3v) is 12.2. The van der Waals surface area contributed by atoms with Crippen LogP contribution in [-0.2, 0) is 78.0 Å². The zero-order chi connectivity index (χ0) is 68.3. The van der Waals surface area contributed by atoms with Crippen molar-refractivity contribution in [3.8, 4) is 0 Å². The number of alkyl carbamates (subject to hydrolysis) is 4. The summed E-state index contributed by atoms with van der Waals surface area (Å²) in [6, 6.07) is 0. The Morgan fingerprint density at radius 2 is 0.424 bits per heavy atom. The highest BCUT2D eigenvalue weighted by Gasteiger charge is 2.28. The molecule has 0 atom stereocenters. The number of halogens is 8. The van der Waals surface area contributed by atoms with Crippen LogP contribution in [0.1, 0.15) is 0 Å². The van der Waals surface area contributed by atoms with Crippen molar-refractivity contribution < 1.29 is 152 Å². The number of rotatable bonds is 40. The van der Waals surface area contributed by atoms with E-state index >= 15 is 0 Å². The van der Waals surface area contributed by atoms with Gasteiger partial charge in [-0.1, -0.05) is 0 Å². The number of carbonyl (C=O) groups excluding carboxylic acids is 12. The molecule has 1 saturated heterocycles. The molecule has 48 heteroatoms. The van der Waals surface area contributed by atoms with Gasteiger partial charge in [-0.2, -0.15) is 0 Å². The Hall–Kier alpha value is -8.84. The second-order valence-corrected chi connectivity index (χ2v) is 17.9. The number of nitrogens with one attached hydrogen (secondary N) is 8. The first-order valence-electron chi connectivity index (χ1n) is 27.1. The molecule has 92 heavy (non-hydrogen) atoms. The van der Waals surface area contributed by atoms with E-state index in [9.17, 15) is 93.2 Å². The van der Waals surface area contributed by atoms with Gasteiger partial charge < -0.3 is 81.1 Å². The standard InChI is InChI=1S/C44H72F8N16O24/c45-29-81-37(73)53-1-9-65(10-2-54-38(74)82-30-46)33(69)25-61-17-18-62(26-34(70)66(11-3-55-39(75)83-31-47)12-4-56-40(76)84-32-48)20-22-64(28-36(72)68(15-7-59-43(79)87-91-51)16-8-60-44(80)88-92-52)24-23-63(21-19-61)27-35(71)67(13-5-57-41(77)85-89-49)14-6-58-42(78)86-90-50/h1-32H2,(H,53,73)(H,54,74)(H,55,75)(H,56,76)(H,57,77)(H,58,78)(H,59,79)(H,60,80). The summed E-state index contributed by atoms with van der Waals surface area (Å²) in [6.45, 7) is -15.6. The lowest BCUT2D eigenvalue weighted by Gasteiger charge is -2.36. The van der Waals surface area contributed by atoms with Gasteiger partial charge in [0.2, 0.25) is 51.1 Å². The lowest BCUT2D eigenvalue weighted by atomic mass is 10.3. The molecule has 1 aliphatic heterocycles. The summed E-state index contributed by atoms with van der Waals surface area (Å²) < 4.78 is 117. The van der Waals surface area contributed by atoms with Crippen LogP contribution in [0.15, 0.2) is 0 Å². The quantitative estimate of drug-likeness (QED) is 0.0134. The molecule has 0 aromatic carbocycles. The Kier molecular flexibility index (Phi) is 44.9. The van der Waals surface area contributed by atoms with E-state index in [0.717, 1.165) is 19.6 Å². The summed E-state index contributed by atoms with van der Waals surface area (Å²) in [5, 5.41) is 28.6. The normalized spacial score (nSPS) is 13.1. The van der Waals surface area contributed by atoms with E-state index in [2.05, 4.69) is 101 Å². The fourth-order valence-corrected chi connectivity index (χ4v) is 7.80. The van der Waals surface area contributed by atoms with Crippen molar-refractivity contribution in [2.24, 2.45) is 0 Å². The van der Waals surface area contributed by atoms with Crippen LogP contribution in [0.5, 0.6) is 0 Å². The molecule has 1 aliphatic rings. The molecule has 0 aromatic rings. The minimum atomic E-state index is -1.50. The number of alkyl halides is 4. The number of hydrogen-bond donors (Lipinski definition) is 8. The molecule has 0 bridgehead atoms. The zero-order valence-corrected chi connectivity index (χ0v) is 49.0. The first-order valence-corrected chi connectivity index (χ1v) is 27.1. The molecule has 528 valence electrons. The third-order valence-electron chi connectivity index (χ3n) is 12.2. The molecule has 0 saturated carbocycles. The molecule has 0 aliphatic carbocycles. The molecule has 40 nitrogen and oxygen atoms in total. The molecular formula is C44H72F8N16O24. The molecule has 8 N–H and O–H groups in total. The summed E-state index contributed by atoms with van der Waals surface area (Å²) >= 11 is 0. The number of amides is 12. The van der Waals surface area contributed by atoms with E-state index in [1.54, 1.807) is 0 Å². The molecule has 1 heterocycles. The van der Waals surface area contributed by atoms with Crippen molar-refractivity contribution in [3.05, 3.63) is 0 Å². The molecule has 0 aromatic heterocycles. The van der Waals surface area contributed by atoms with Gasteiger partial charge in [-0.05, 0) is 18.1 Å². The van der Waals surface area contributed by atoms with Gasteiger partial charge in [0, 0.05) is 177 Å². The topological polar surface area (TPSA) is 438 Å². The van der Waals surface area contributed by atoms with Crippen LogP contribution in [-0.4, -0.2) is 322 Å². The molecular weight excluding hydrogens is 1290 g/mol. The predicted molar refractivity (Wildman–Crippen MR) is 281 cm³/mol. The highest BCUT2D eigenvalue weighted by molar-refractivity contribution is 5.80. The zero-order valence-electron chi connectivity index (χ0n) is 49.0. The van der Waals surface area contributed by atoms with Gasteiger partial charge in [-0.15, -0.1) is 0 Å². The second-order valence-electron chi connectivity index (χ2n) is 17.9. The van der Waals surface area contributed by atoms with Gasteiger partial charge in [0.05, 0.1) is 26.2 Å². The maximum Gasteiger partial charge on any atom is 0.442 e. The Balaban J connectivity index is 4.06. The van der Waals surface area contributed by atoms with Gasteiger partial charge in [-0.25, -0.2) is 75.5 Å². The number of ether oxygens (including phenoxy) is 4. The first kappa shape index (κ1) is 81.2. The molecule has 1 rings (SSSR count). The maximum absolute atomic E-state index is 14.3. The van der Waals surface area contributed by atoms with E-state index in [-0.39, 0.29) is 105 Å². The Labute approximate surface area is 516 Å². The molecule has 0 radical (unpaired) electrons. The third kappa shape index (κ3) is 39.3. The molecule has 0 unspecified atom stereocenters. The van der Waals surface area contributed by atoms with Gasteiger partial charge in [0.15, 0.2) is 0 Å². The fraction of sp³-hybridized carbons (Fsp3) is 0.727. The number of carbonyl (C=O) groups is 12.